The minimum Gasteiger partial charge on any atom is -0.496 e. The van der Waals surface area contributed by atoms with Crippen LogP contribution in [0.15, 0.2) is 53.9 Å². The minimum atomic E-state index is -1.31. The molecule has 4 N–H and O–H groups in total. The SMILES string of the molecule is COc1cc(Cl)ccc1[C@@]1(N)[C@H](CC(C)(C)C)N[C@H](C(=O)O)[C@@H]1C(/C=C\C=C\Cl)=C\F. The number of hydrogen-bond donors (Lipinski definition) is 3. The standard InChI is InChI=1S/C23H29Cl2FN2O3/c1-22(2,3)12-18-23(27,16-9-8-15(25)11-17(16)31-4)19(20(28-18)21(29)30)14(13-26)7-5-6-10-24/h5-11,13,18-20,28H,12,27H2,1-4H3,(H,29,30)/b7-5-,10-6+,14-13-/t18-,19-,20-,23+/m0/s1. The number of carbonyl (C=O) groups is 1. The Morgan fingerprint density at radius 1 is 1.39 bits per heavy atom. The Morgan fingerprint density at radius 2 is 2.06 bits per heavy atom. The lowest BCUT2D eigenvalue weighted by Crippen LogP contribution is -2.53. The Hall–Kier alpha value is -1.86. The predicted octanol–water partition coefficient (Wildman–Crippen LogP) is 5.14. The molecular weight excluding hydrogens is 442 g/mol. The van der Waals surface area contributed by atoms with Crippen molar-refractivity contribution in [3.63, 3.8) is 0 Å². The van der Waals surface area contributed by atoms with E-state index in [1.54, 1.807) is 18.2 Å². The molecular formula is C23H29Cl2FN2O3. The third-order valence-electron chi connectivity index (χ3n) is 5.48. The molecule has 2 rings (SSSR count). The average Bonchev–Trinajstić information content (AvgIpc) is 2.97. The largest absolute Gasteiger partial charge is 0.496 e. The molecule has 170 valence electrons. The first kappa shape index (κ1) is 25.4. The number of methoxy groups -OCH3 is 1. The van der Waals surface area contributed by atoms with Crippen LogP contribution in [0, 0.1) is 11.3 Å². The molecule has 1 heterocycles. The first-order valence-electron chi connectivity index (χ1n) is 9.85. The van der Waals surface area contributed by atoms with Crippen molar-refractivity contribution in [3.8, 4) is 5.75 Å². The van der Waals surface area contributed by atoms with Crippen LogP contribution < -0.4 is 15.8 Å². The molecule has 0 spiro atoms. The first-order valence-corrected chi connectivity index (χ1v) is 10.7. The van der Waals surface area contributed by atoms with Gasteiger partial charge in [0.15, 0.2) is 0 Å². The van der Waals surface area contributed by atoms with E-state index < -0.39 is 29.5 Å². The van der Waals surface area contributed by atoms with Gasteiger partial charge in [0.05, 0.1) is 19.0 Å². The summed E-state index contributed by atoms with van der Waals surface area (Å²) in [6, 6.07) is 3.40. The number of rotatable bonds is 7. The number of carboxylic acids is 1. The molecule has 0 saturated carbocycles. The number of ether oxygens (including phenoxy) is 1. The highest BCUT2D eigenvalue weighted by atomic mass is 35.5. The van der Waals surface area contributed by atoms with Gasteiger partial charge in [0.25, 0.3) is 0 Å². The lowest BCUT2D eigenvalue weighted by atomic mass is 9.68. The lowest BCUT2D eigenvalue weighted by Gasteiger charge is -2.40. The van der Waals surface area contributed by atoms with Gasteiger partial charge in [0, 0.05) is 28.1 Å². The van der Waals surface area contributed by atoms with E-state index in [9.17, 15) is 14.3 Å². The van der Waals surface area contributed by atoms with Gasteiger partial charge >= 0.3 is 5.97 Å². The van der Waals surface area contributed by atoms with E-state index in [1.807, 2.05) is 20.8 Å². The van der Waals surface area contributed by atoms with Crippen molar-refractivity contribution < 1.29 is 19.0 Å². The van der Waals surface area contributed by atoms with Crippen LogP contribution in [0.5, 0.6) is 5.75 Å². The van der Waals surface area contributed by atoms with Crippen molar-refractivity contribution in [2.75, 3.05) is 7.11 Å². The highest BCUT2D eigenvalue weighted by Crippen LogP contribution is 2.49. The van der Waals surface area contributed by atoms with Crippen molar-refractivity contribution in [1.82, 2.24) is 5.32 Å². The zero-order valence-electron chi connectivity index (χ0n) is 18.0. The van der Waals surface area contributed by atoms with Crippen LogP contribution in [0.1, 0.15) is 32.8 Å². The quantitative estimate of drug-likeness (QED) is 0.480. The van der Waals surface area contributed by atoms with E-state index in [2.05, 4.69) is 5.32 Å². The van der Waals surface area contributed by atoms with Crippen LogP contribution in [0.4, 0.5) is 4.39 Å². The van der Waals surface area contributed by atoms with E-state index in [-0.39, 0.29) is 11.0 Å². The van der Waals surface area contributed by atoms with Crippen molar-refractivity contribution in [2.45, 2.75) is 44.8 Å². The molecule has 1 aliphatic rings. The molecule has 1 aliphatic heterocycles. The molecule has 31 heavy (non-hydrogen) atoms. The maximum absolute atomic E-state index is 14.1. The smallest absolute Gasteiger partial charge is 0.321 e. The van der Waals surface area contributed by atoms with Gasteiger partial charge in [-0.1, -0.05) is 68.3 Å². The Labute approximate surface area is 192 Å². The van der Waals surface area contributed by atoms with Crippen LogP contribution in [0.2, 0.25) is 5.02 Å². The van der Waals surface area contributed by atoms with Gasteiger partial charge in [-0.15, -0.1) is 0 Å². The molecule has 0 aliphatic carbocycles. The molecule has 1 fully saturated rings. The van der Waals surface area contributed by atoms with Crippen LogP contribution in [-0.4, -0.2) is 30.3 Å². The number of aliphatic carboxylic acids is 1. The molecule has 8 heteroatoms. The number of nitrogens with two attached hydrogens (primary N) is 1. The maximum Gasteiger partial charge on any atom is 0.321 e. The average molecular weight is 471 g/mol. The Morgan fingerprint density at radius 3 is 2.58 bits per heavy atom. The molecule has 1 aromatic rings. The summed E-state index contributed by atoms with van der Waals surface area (Å²) < 4.78 is 19.7. The maximum atomic E-state index is 14.1. The summed E-state index contributed by atoms with van der Waals surface area (Å²) in [5.41, 5.74) is 7.54. The van der Waals surface area contributed by atoms with E-state index in [1.165, 1.54) is 30.9 Å². The van der Waals surface area contributed by atoms with E-state index in [0.717, 1.165) is 0 Å². The molecule has 5 nitrogen and oxygen atoms in total. The summed E-state index contributed by atoms with van der Waals surface area (Å²) in [4.78, 5) is 12.2. The number of hydrogen-bond acceptors (Lipinski definition) is 4. The third kappa shape index (κ3) is 5.50. The molecule has 0 radical (unpaired) electrons. The predicted molar refractivity (Wildman–Crippen MR) is 123 cm³/mol. The second kappa shape index (κ2) is 10.2. The van der Waals surface area contributed by atoms with E-state index in [0.29, 0.717) is 29.1 Å². The van der Waals surface area contributed by atoms with Gasteiger partial charge in [-0.05, 0) is 29.5 Å². The number of halogens is 3. The molecule has 1 saturated heterocycles. The molecule has 4 atom stereocenters. The fourth-order valence-corrected chi connectivity index (χ4v) is 4.51. The fraction of sp³-hybridized carbons (Fsp3) is 0.435. The molecule has 0 unspecified atom stereocenters. The summed E-state index contributed by atoms with van der Waals surface area (Å²) in [6.07, 6.45) is 5.46. The molecule has 0 aromatic heterocycles. The van der Waals surface area contributed by atoms with Crippen molar-refractivity contribution in [2.24, 2.45) is 17.1 Å². The number of benzene rings is 1. The van der Waals surface area contributed by atoms with Crippen LogP contribution in [0.3, 0.4) is 0 Å². The Kier molecular flexibility index (Phi) is 8.34. The molecule has 0 amide bonds. The topological polar surface area (TPSA) is 84.6 Å². The number of allylic oxidation sites excluding steroid dienone is 3. The van der Waals surface area contributed by atoms with Crippen LogP contribution in [-0.2, 0) is 10.3 Å². The monoisotopic (exact) mass is 470 g/mol. The molecule has 0 bridgehead atoms. The minimum absolute atomic E-state index is 0.130. The second-order valence-electron chi connectivity index (χ2n) is 8.84. The highest BCUT2D eigenvalue weighted by Gasteiger charge is 2.58. The van der Waals surface area contributed by atoms with Gasteiger partial charge < -0.3 is 15.6 Å². The van der Waals surface area contributed by atoms with Crippen molar-refractivity contribution in [1.29, 1.82) is 0 Å². The van der Waals surface area contributed by atoms with Gasteiger partial charge in [-0.25, -0.2) is 4.39 Å². The van der Waals surface area contributed by atoms with Crippen LogP contribution in [0.25, 0.3) is 0 Å². The summed E-state index contributed by atoms with van der Waals surface area (Å²) >= 11 is 11.7. The molecule has 1 aromatic carbocycles. The Balaban J connectivity index is 2.79. The van der Waals surface area contributed by atoms with Crippen LogP contribution >= 0.6 is 23.2 Å². The summed E-state index contributed by atoms with van der Waals surface area (Å²) in [6.45, 7) is 6.11. The summed E-state index contributed by atoms with van der Waals surface area (Å²) in [5, 5.41) is 13.6. The number of carboxylic acid groups (broad SMARTS) is 1. The van der Waals surface area contributed by atoms with Gasteiger partial charge in [0.1, 0.15) is 11.8 Å². The van der Waals surface area contributed by atoms with Gasteiger partial charge in [0.2, 0.25) is 0 Å². The fourth-order valence-electron chi connectivity index (χ4n) is 4.26. The van der Waals surface area contributed by atoms with E-state index >= 15 is 0 Å². The summed E-state index contributed by atoms with van der Waals surface area (Å²) in [5.74, 6) is -1.64. The first-order chi connectivity index (χ1) is 14.5. The lowest BCUT2D eigenvalue weighted by molar-refractivity contribution is -0.140. The zero-order valence-corrected chi connectivity index (χ0v) is 19.5. The zero-order chi connectivity index (χ0) is 23.4. The highest BCUT2D eigenvalue weighted by molar-refractivity contribution is 6.30. The summed E-state index contributed by atoms with van der Waals surface area (Å²) in [7, 11) is 1.49. The third-order valence-corrected chi connectivity index (χ3v) is 5.86. The Bertz CT molecular complexity index is 895. The van der Waals surface area contributed by atoms with Gasteiger partial charge in [-0.2, -0.15) is 0 Å². The second-order valence-corrected chi connectivity index (χ2v) is 9.53. The van der Waals surface area contributed by atoms with Gasteiger partial charge in [-0.3, -0.25) is 10.1 Å². The van der Waals surface area contributed by atoms with E-state index in [4.69, 9.17) is 33.7 Å². The number of nitrogens with one attached hydrogen (secondary N) is 1. The normalized spacial score (nSPS) is 27.4. The van der Waals surface area contributed by atoms with Crippen molar-refractivity contribution >= 4 is 29.2 Å². The van der Waals surface area contributed by atoms with Crippen molar-refractivity contribution in [3.05, 3.63) is 64.5 Å².